The van der Waals surface area contributed by atoms with Gasteiger partial charge in [0.1, 0.15) is 6.04 Å². The van der Waals surface area contributed by atoms with Crippen molar-refractivity contribution in [1.82, 2.24) is 15.1 Å². The zero-order valence-corrected chi connectivity index (χ0v) is 23.2. The molecule has 1 heterocycles. The van der Waals surface area contributed by atoms with Crippen molar-refractivity contribution in [2.45, 2.75) is 106 Å². The fourth-order valence-corrected chi connectivity index (χ4v) is 4.71. The van der Waals surface area contributed by atoms with Crippen LogP contribution in [-0.2, 0) is 19.1 Å². The summed E-state index contributed by atoms with van der Waals surface area (Å²) in [5, 5.41) is 3.09. The third-order valence-electron chi connectivity index (χ3n) is 6.99. The van der Waals surface area contributed by atoms with E-state index in [9.17, 15) is 14.4 Å². The predicted molar refractivity (Wildman–Crippen MR) is 137 cm³/mol. The Kier molecular flexibility index (Phi) is 12.3. The number of carbonyl (C=O) groups is 3. The van der Waals surface area contributed by atoms with Crippen molar-refractivity contribution < 1.29 is 19.1 Å². The number of ether oxygens (including phenoxy) is 1. The summed E-state index contributed by atoms with van der Waals surface area (Å²) in [4.78, 5) is 43.1. The molecule has 1 rings (SSSR count). The average Bonchev–Trinajstić information content (AvgIpc) is 2.78. The van der Waals surface area contributed by atoms with Gasteiger partial charge in [0, 0.05) is 25.2 Å². The van der Waals surface area contributed by atoms with Crippen LogP contribution in [0.3, 0.4) is 0 Å². The van der Waals surface area contributed by atoms with Crippen LogP contribution in [-0.4, -0.2) is 72.0 Å². The van der Waals surface area contributed by atoms with Gasteiger partial charge in [-0.1, -0.05) is 47.1 Å². The van der Waals surface area contributed by atoms with Crippen LogP contribution in [0.5, 0.6) is 0 Å². The molecule has 0 saturated carbocycles. The number of piperidine rings is 1. The van der Waals surface area contributed by atoms with Crippen LogP contribution >= 0.6 is 0 Å². The first-order valence-corrected chi connectivity index (χ1v) is 13.0. The number of carbonyl (C=O) groups excluding carboxylic acids is 3. The lowest BCUT2D eigenvalue weighted by atomic mass is 9.89. The van der Waals surface area contributed by atoms with E-state index in [2.05, 4.69) is 31.0 Å². The number of hydrogen-bond donors (Lipinski definition) is 1. The molecule has 0 radical (unpaired) electrons. The molecule has 34 heavy (non-hydrogen) atoms. The van der Waals surface area contributed by atoms with Gasteiger partial charge in [-0.25, -0.2) is 4.79 Å². The number of likely N-dealkylation sites (tertiary alicyclic amines) is 1. The van der Waals surface area contributed by atoms with E-state index in [1.165, 1.54) is 0 Å². The minimum absolute atomic E-state index is 0.0666. The van der Waals surface area contributed by atoms with Crippen molar-refractivity contribution in [3.05, 3.63) is 11.6 Å². The van der Waals surface area contributed by atoms with Gasteiger partial charge in [-0.05, 0) is 58.3 Å². The molecule has 1 N–H and O–H groups in total. The first kappa shape index (κ1) is 30.1. The number of nitrogens with zero attached hydrogens (tertiary/aromatic N) is 2. The van der Waals surface area contributed by atoms with Gasteiger partial charge in [0.15, 0.2) is 0 Å². The first-order valence-electron chi connectivity index (χ1n) is 13.0. The lowest BCUT2D eigenvalue weighted by Crippen LogP contribution is -2.59. The molecule has 0 spiro atoms. The SMILES string of the molecule is CCOC(=O)C(C)=C[C@H](C(C)C)N(C)C(=O)[C@@H](NC(=O)[C@H]1CC[C@@H](CC)CN1C(C)C)C(C)C. The Balaban J connectivity index is 3.07. The zero-order chi connectivity index (χ0) is 26.2. The predicted octanol–water partition coefficient (Wildman–Crippen LogP) is 4.02. The molecule has 0 aromatic rings. The standard InChI is InChI=1S/C27H49N3O4/c1-11-21-13-14-22(30(16-21)19(7)8)25(31)28-24(18(5)6)26(32)29(10)23(17(3)4)15-20(9)27(33)34-12-2/h15,17-19,21-24H,11-14,16H2,1-10H3,(H,28,31)/t21-,22-,23-,24+/m1/s1. The zero-order valence-electron chi connectivity index (χ0n) is 23.2. The molecule has 7 nitrogen and oxygen atoms in total. The minimum atomic E-state index is -0.632. The average molecular weight is 480 g/mol. The van der Waals surface area contributed by atoms with Crippen LogP contribution in [0.4, 0.5) is 0 Å². The number of amides is 2. The Morgan fingerprint density at radius 3 is 2.15 bits per heavy atom. The Morgan fingerprint density at radius 1 is 1.06 bits per heavy atom. The van der Waals surface area contributed by atoms with Gasteiger partial charge in [-0.15, -0.1) is 0 Å². The molecule has 1 fully saturated rings. The Hall–Kier alpha value is -1.89. The largest absolute Gasteiger partial charge is 0.463 e. The van der Waals surface area contributed by atoms with Crippen LogP contribution in [0, 0.1) is 17.8 Å². The minimum Gasteiger partial charge on any atom is -0.463 e. The van der Waals surface area contributed by atoms with Crippen LogP contribution < -0.4 is 5.32 Å². The van der Waals surface area contributed by atoms with Crippen LogP contribution in [0.25, 0.3) is 0 Å². The Labute approximate surface area is 207 Å². The number of likely N-dealkylation sites (N-methyl/N-ethyl adjacent to an activating group) is 1. The topological polar surface area (TPSA) is 79.0 Å². The highest BCUT2D eigenvalue weighted by molar-refractivity contribution is 5.91. The third-order valence-corrected chi connectivity index (χ3v) is 6.99. The number of nitrogens with one attached hydrogen (secondary N) is 1. The van der Waals surface area contributed by atoms with Gasteiger partial charge in [-0.3, -0.25) is 14.5 Å². The number of esters is 1. The summed E-state index contributed by atoms with van der Waals surface area (Å²) in [6, 6.07) is -0.869. The fraction of sp³-hybridized carbons (Fsp3) is 0.815. The molecule has 1 aliphatic heterocycles. The maximum Gasteiger partial charge on any atom is 0.333 e. The molecule has 4 atom stereocenters. The summed E-state index contributed by atoms with van der Waals surface area (Å²) >= 11 is 0. The summed E-state index contributed by atoms with van der Waals surface area (Å²) in [5.74, 6) is 0.0424. The molecular formula is C27H49N3O4. The van der Waals surface area contributed by atoms with E-state index in [0.717, 1.165) is 25.8 Å². The maximum atomic E-state index is 13.6. The summed E-state index contributed by atoms with van der Waals surface area (Å²) in [6.07, 6.45) is 4.76. The summed E-state index contributed by atoms with van der Waals surface area (Å²) in [5.41, 5.74) is 0.477. The van der Waals surface area contributed by atoms with Crippen molar-refractivity contribution in [1.29, 1.82) is 0 Å². The quantitative estimate of drug-likeness (QED) is 0.358. The molecule has 196 valence electrons. The Bertz CT molecular complexity index is 717. The van der Waals surface area contributed by atoms with E-state index in [1.807, 2.05) is 27.7 Å². The highest BCUT2D eigenvalue weighted by Gasteiger charge is 2.37. The molecular weight excluding hydrogens is 430 g/mol. The Morgan fingerprint density at radius 2 is 1.68 bits per heavy atom. The smallest absolute Gasteiger partial charge is 0.333 e. The molecule has 2 amide bonds. The van der Waals surface area contributed by atoms with Crippen LogP contribution in [0.1, 0.15) is 81.6 Å². The van der Waals surface area contributed by atoms with Crippen LogP contribution in [0.15, 0.2) is 11.6 Å². The maximum absolute atomic E-state index is 13.6. The van der Waals surface area contributed by atoms with Crippen molar-refractivity contribution in [3.8, 4) is 0 Å². The molecule has 7 heteroatoms. The molecule has 0 aromatic heterocycles. The highest BCUT2D eigenvalue weighted by atomic mass is 16.5. The van der Waals surface area contributed by atoms with Gasteiger partial charge < -0.3 is 15.0 Å². The second-order valence-electron chi connectivity index (χ2n) is 10.6. The highest BCUT2D eigenvalue weighted by Crippen LogP contribution is 2.26. The van der Waals surface area contributed by atoms with Gasteiger partial charge in [0.2, 0.25) is 11.8 Å². The van der Waals surface area contributed by atoms with Crippen LogP contribution in [0.2, 0.25) is 0 Å². The van der Waals surface area contributed by atoms with Crippen molar-refractivity contribution in [2.75, 3.05) is 20.2 Å². The molecule has 1 saturated heterocycles. The molecule has 0 aliphatic carbocycles. The van der Waals surface area contributed by atoms with Gasteiger partial charge in [0.25, 0.3) is 0 Å². The van der Waals surface area contributed by atoms with E-state index in [1.54, 1.807) is 31.9 Å². The van der Waals surface area contributed by atoms with E-state index in [4.69, 9.17) is 4.74 Å². The van der Waals surface area contributed by atoms with E-state index < -0.39 is 6.04 Å². The van der Waals surface area contributed by atoms with Gasteiger partial charge in [0.05, 0.1) is 18.7 Å². The van der Waals surface area contributed by atoms with E-state index in [-0.39, 0.29) is 47.7 Å². The lowest BCUT2D eigenvalue weighted by Gasteiger charge is -2.42. The summed E-state index contributed by atoms with van der Waals surface area (Å²) in [7, 11) is 1.75. The van der Waals surface area contributed by atoms with Crippen molar-refractivity contribution >= 4 is 17.8 Å². The van der Waals surface area contributed by atoms with E-state index in [0.29, 0.717) is 18.1 Å². The number of hydrogen-bond acceptors (Lipinski definition) is 5. The van der Waals surface area contributed by atoms with E-state index >= 15 is 0 Å². The first-order chi connectivity index (χ1) is 15.8. The summed E-state index contributed by atoms with van der Waals surface area (Å²) < 4.78 is 5.10. The van der Waals surface area contributed by atoms with Crippen molar-refractivity contribution in [2.24, 2.45) is 17.8 Å². The monoisotopic (exact) mass is 479 g/mol. The summed E-state index contributed by atoms with van der Waals surface area (Å²) in [6.45, 7) is 19.1. The van der Waals surface area contributed by atoms with Crippen molar-refractivity contribution in [3.63, 3.8) is 0 Å². The number of rotatable bonds is 11. The second-order valence-corrected chi connectivity index (χ2v) is 10.6. The van der Waals surface area contributed by atoms with Gasteiger partial charge in [-0.2, -0.15) is 0 Å². The molecule has 0 unspecified atom stereocenters. The van der Waals surface area contributed by atoms with Gasteiger partial charge >= 0.3 is 5.97 Å². The fourth-order valence-electron chi connectivity index (χ4n) is 4.71. The lowest BCUT2D eigenvalue weighted by molar-refractivity contribution is -0.141. The molecule has 1 aliphatic rings. The molecule has 0 aromatic carbocycles. The normalized spacial score (nSPS) is 21.5. The molecule has 0 bridgehead atoms. The second kappa shape index (κ2) is 13.9. The third kappa shape index (κ3) is 8.10.